The number of piperazine rings is 1. The summed E-state index contributed by atoms with van der Waals surface area (Å²) in [5.41, 5.74) is -0.0690. The van der Waals surface area contributed by atoms with E-state index in [2.05, 4.69) is 5.32 Å². The Labute approximate surface area is 169 Å². The van der Waals surface area contributed by atoms with Gasteiger partial charge in [-0.25, -0.2) is 4.39 Å². The second kappa shape index (κ2) is 8.31. The van der Waals surface area contributed by atoms with E-state index in [4.69, 9.17) is 0 Å². The van der Waals surface area contributed by atoms with Crippen molar-refractivity contribution in [3.05, 3.63) is 59.9 Å². The number of amides is 2. The molecule has 7 heteroatoms. The number of hydrogen-bond acceptors (Lipinski definition) is 4. The highest BCUT2D eigenvalue weighted by molar-refractivity contribution is 6.10. The fraction of sp³-hybridized carbons (Fsp3) is 0.318. The molecule has 0 saturated carbocycles. The van der Waals surface area contributed by atoms with Gasteiger partial charge in [0.05, 0.1) is 16.9 Å². The first kappa shape index (κ1) is 20.3. The molecule has 1 aliphatic heterocycles. The maximum atomic E-state index is 14.0. The van der Waals surface area contributed by atoms with E-state index in [1.165, 1.54) is 6.07 Å². The van der Waals surface area contributed by atoms with Gasteiger partial charge in [0.2, 0.25) is 11.8 Å². The number of carbonyl (C=O) groups excluding carboxylic acids is 2. The van der Waals surface area contributed by atoms with Crippen LogP contribution in [0, 0.1) is 22.6 Å². The van der Waals surface area contributed by atoms with Crippen LogP contribution >= 0.6 is 0 Å². The van der Waals surface area contributed by atoms with E-state index in [0.717, 1.165) is 0 Å². The Morgan fingerprint density at radius 3 is 2.31 bits per heavy atom. The average molecular weight is 394 g/mol. The largest absolute Gasteiger partial charge is 0.366 e. The van der Waals surface area contributed by atoms with Crippen LogP contribution in [0.1, 0.15) is 19.4 Å². The molecule has 0 spiro atoms. The van der Waals surface area contributed by atoms with E-state index < -0.39 is 11.3 Å². The number of nitriles is 1. The second-order valence-electron chi connectivity index (χ2n) is 7.47. The lowest BCUT2D eigenvalue weighted by Gasteiger charge is -2.39. The number of nitrogens with one attached hydrogen (secondary N) is 1. The molecule has 2 aromatic rings. The van der Waals surface area contributed by atoms with E-state index in [0.29, 0.717) is 43.1 Å². The number of hydrogen-bond donors (Lipinski definition) is 1. The van der Waals surface area contributed by atoms with Gasteiger partial charge >= 0.3 is 0 Å². The molecule has 0 unspecified atom stereocenters. The summed E-state index contributed by atoms with van der Waals surface area (Å²) in [5, 5.41) is 11.9. The summed E-state index contributed by atoms with van der Waals surface area (Å²) in [6.07, 6.45) is 0. The maximum Gasteiger partial charge on any atom is 0.239 e. The molecule has 0 radical (unpaired) electrons. The van der Waals surface area contributed by atoms with Gasteiger partial charge in [-0.05, 0) is 38.1 Å². The molecule has 1 N–H and O–H groups in total. The van der Waals surface area contributed by atoms with E-state index >= 15 is 0 Å². The first-order valence-electron chi connectivity index (χ1n) is 9.44. The lowest BCUT2D eigenvalue weighted by atomic mass is 9.89. The minimum atomic E-state index is -1.30. The predicted octanol–water partition coefficient (Wildman–Crippen LogP) is 3.01. The van der Waals surface area contributed by atoms with Gasteiger partial charge in [-0.1, -0.05) is 24.3 Å². The third-order valence-corrected chi connectivity index (χ3v) is 5.16. The summed E-state index contributed by atoms with van der Waals surface area (Å²) in [6, 6.07) is 15.2. The van der Waals surface area contributed by atoms with Crippen LogP contribution in [-0.2, 0) is 9.59 Å². The number of rotatable bonds is 4. The van der Waals surface area contributed by atoms with E-state index in [1.807, 2.05) is 11.0 Å². The zero-order valence-corrected chi connectivity index (χ0v) is 16.5. The van der Waals surface area contributed by atoms with Crippen molar-refractivity contribution >= 4 is 23.2 Å². The quantitative estimate of drug-likeness (QED) is 0.809. The Morgan fingerprint density at radius 1 is 1.03 bits per heavy atom. The molecule has 0 aromatic heterocycles. The summed E-state index contributed by atoms with van der Waals surface area (Å²) in [4.78, 5) is 29.3. The number of para-hydroxylation sites is 2. The number of anilines is 2. The molecule has 1 aliphatic rings. The number of benzene rings is 2. The Balaban J connectivity index is 1.66. The SMILES string of the molecule is CC(C)(C(=O)Nc1ccccc1C#N)C(=O)N1CCN(c2ccccc2F)CC1. The third-order valence-electron chi connectivity index (χ3n) is 5.16. The molecule has 1 heterocycles. The van der Waals surface area contributed by atoms with Gasteiger partial charge in [-0.15, -0.1) is 0 Å². The minimum Gasteiger partial charge on any atom is -0.366 e. The van der Waals surface area contributed by atoms with Gasteiger partial charge in [0.15, 0.2) is 0 Å². The molecule has 3 rings (SSSR count). The third kappa shape index (κ3) is 4.21. The standard InChI is InChI=1S/C22H23FN4O2/c1-22(2,20(28)25-18-9-5-3-7-16(18)15-24)21(29)27-13-11-26(12-14-27)19-10-6-4-8-17(19)23/h3-10H,11-14H2,1-2H3,(H,25,28). The predicted molar refractivity (Wildman–Crippen MR) is 109 cm³/mol. The highest BCUT2D eigenvalue weighted by atomic mass is 19.1. The summed E-state index contributed by atoms with van der Waals surface area (Å²) in [5.74, 6) is -1.05. The molecule has 0 bridgehead atoms. The van der Waals surface area contributed by atoms with Crippen molar-refractivity contribution in [3.8, 4) is 6.07 Å². The number of nitrogens with zero attached hydrogens (tertiary/aromatic N) is 3. The molecule has 2 amide bonds. The maximum absolute atomic E-state index is 14.0. The highest BCUT2D eigenvalue weighted by Crippen LogP contribution is 2.26. The van der Waals surface area contributed by atoms with Gasteiger partial charge in [0.1, 0.15) is 17.3 Å². The van der Waals surface area contributed by atoms with Crippen molar-refractivity contribution in [1.82, 2.24) is 4.90 Å². The lowest BCUT2D eigenvalue weighted by Crippen LogP contribution is -2.54. The van der Waals surface area contributed by atoms with Crippen LogP contribution in [-0.4, -0.2) is 42.9 Å². The number of carbonyl (C=O) groups is 2. The van der Waals surface area contributed by atoms with Crippen molar-refractivity contribution in [2.45, 2.75) is 13.8 Å². The molecule has 1 fully saturated rings. The molecular formula is C22H23FN4O2. The molecule has 150 valence electrons. The zero-order valence-electron chi connectivity index (χ0n) is 16.5. The Kier molecular flexibility index (Phi) is 5.83. The van der Waals surface area contributed by atoms with Crippen LogP contribution in [0.4, 0.5) is 15.8 Å². The fourth-order valence-corrected chi connectivity index (χ4v) is 3.32. The summed E-state index contributed by atoms with van der Waals surface area (Å²) < 4.78 is 14.0. The molecule has 2 aromatic carbocycles. The Morgan fingerprint density at radius 2 is 1.66 bits per heavy atom. The molecule has 6 nitrogen and oxygen atoms in total. The van der Waals surface area contributed by atoms with E-state index in [1.54, 1.807) is 61.2 Å². The van der Waals surface area contributed by atoms with E-state index in [-0.39, 0.29) is 11.7 Å². The number of halogens is 1. The summed E-state index contributed by atoms with van der Waals surface area (Å²) in [7, 11) is 0. The molecule has 1 saturated heterocycles. The van der Waals surface area contributed by atoms with Crippen LogP contribution < -0.4 is 10.2 Å². The van der Waals surface area contributed by atoms with Crippen LogP contribution in [0.5, 0.6) is 0 Å². The van der Waals surface area contributed by atoms with Crippen LogP contribution in [0.15, 0.2) is 48.5 Å². The van der Waals surface area contributed by atoms with Crippen molar-refractivity contribution in [2.24, 2.45) is 5.41 Å². The smallest absolute Gasteiger partial charge is 0.239 e. The van der Waals surface area contributed by atoms with Gasteiger partial charge in [-0.3, -0.25) is 9.59 Å². The Hall–Kier alpha value is -3.40. The average Bonchev–Trinajstić information content (AvgIpc) is 2.74. The first-order valence-corrected chi connectivity index (χ1v) is 9.44. The molecule has 29 heavy (non-hydrogen) atoms. The van der Waals surface area contributed by atoms with Gasteiger partial charge in [0, 0.05) is 26.2 Å². The zero-order chi connectivity index (χ0) is 21.0. The minimum absolute atomic E-state index is 0.289. The Bertz CT molecular complexity index is 959. The normalized spacial score (nSPS) is 14.3. The van der Waals surface area contributed by atoms with Crippen molar-refractivity contribution in [2.75, 3.05) is 36.4 Å². The monoisotopic (exact) mass is 394 g/mol. The summed E-state index contributed by atoms with van der Waals surface area (Å²) >= 11 is 0. The van der Waals surface area contributed by atoms with Crippen molar-refractivity contribution < 1.29 is 14.0 Å². The van der Waals surface area contributed by atoms with Gasteiger partial charge in [-0.2, -0.15) is 5.26 Å². The summed E-state index contributed by atoms with van der Waals surface area (Å²) in [6.45, 7) is 4.92. The topological polar surface area (TPSA) is 76.4 Å². The van der Waals surface area contributed by atoms with Gasteiger partial charge < -0.3 is 15.1 Å². The van der Waals surface area contributed by atoms with E-state index in [9.17, 15) is 19.2 Å². The van der Waals surface area contributed by atoms with Crippen molar-refractivity contribution in [3.63, 3.8) is 0 Å². The molecular weight excluding hydrogens is 371 g/mol. The van der Waals surface area contributed by atoms with Crippen LogP contribution in [0.2, 0.25) is 0 Å². The fourth-order valence-electron chi connectivity index (χ4n) is 3.32. The highest BCUT2D eigenvalue weighted by Gasteiger charge is 2.40. The molecule has 0 atom stereocenters. The molecule has 0 aliphatic carbocycles. The lowest BCUT2D eigenvalue weighted by molar-refractivity contribution is -0.146. The van der Waals surface area contributed by atoms with Gasteiger partial charge in [0.25, 0.3) is 0 Å². The first-order chi connectivity index (χ1) is 13.8. The van der Waals surface area contributed by atoms with Crippen molar-refractivity contribution in [1.29, 1.82) is 5.26 Å². The van der Waals surface area contributed by atoms with Crippen LogP contribution in [0.3, 0.4) is 0 Å². The van der Waals surface area contributed by atoms with Crippen LogP contribution in [0.25, 0.3) is 0 Å². The second-order valence-corrected chi connectivity index (χ2v) is 7.47.